The first kappa shape index (κ1) is 34.7. The summed E-state index contributed by atoms with van der Waals surface area (Å²) in [6.07, 6.45) is 26.3. The largest absolute Gasteiger partial charge is 0.469 e. The molecule has 0 aliphatic carbocycles. The van der Waals surface area contributed by atoms with Crippen LogP contribution in [0.2, 0.25) is 0 Å². The van der Waals surface area contributed by atoms with E-state index in [0.717, 1.165) is 19.3 Å². The van der Waals surface area contributed by atoms with Gasteiger partial charge in [0.25, 0.3) is 0 Å². The predicted molar refractivity (Wildman–Crippen MR) is 146 cm³/mol. The number of hydrogen-bond acceptors (Lipinski definition) is 4. The molecule has 2 N–H and O–H groups in total. The number of rotatable bonds is 28. The van der Waals surface area contributed by atoms with Gasteiger partial charge in [-0.15, -0.1) is 0 Å². The van der Waals surface area contributed by atoms with Gasteiger partial charge in [-0.05, 0) is 5.92 Å². The number of unbranched alkanes of at least 4 members (excludes halogenated alkanes) is 15. The standard InChI is InChI=1S/C28H57O6P/c1-3-5-6-7-8-9-10-11-12-13-14-15-16-17-18-19-21-27(20-4-2)26-28(29)22-23-33-24-25-34-35(30,31)32/h27H,3-26H2,1-2H3,(H2,30,31,32). The molecular weight excluding hydrogens is 463 g/mol. The van der Waals surface area contributed by atoms with Gasteiger partial charge in [-0.2, -0.15) is 0 Å². The summed E-state index contributed by atoms with van der Waals surface area (Å²) in [4.78, 5) is 29.5. The van der Waals surface area contributed by atoms with E-state index in [0.29, 0.717) is 18.8 Å². The highest BCUT2D eigenvalue weighted by atomic mass is 31.2. The minimum atomic E-state index is -4.44. The van der Waals surface area contributed by atoms with Crippen LogP contribution in [0.1, 0.15) is 149 Å². The molecule has 0 aromatic carbocycles. The molecule has 0 saturated carbocycles. The van der Waals surface area contributed by atoms with Gasteiger partial charge in [0.2, 0.25) is 0 Å². The molecule has 0 rings (SSSR count). The first-order valence-electron chi connectivity index (χ1n) is 14.7. The van der Waals surface area contributed by atoms with Gasteiger partial charge in [0.05, 0.1) is 19.8 Å². The molecule has 7 heteroatoms. The van der Waals surface area contributed by atoms with Gasteiger partial charge < -0.3 is 14.5 Å². The van der Waals surface area contributed by atoms with Crippen molar-refractivity contribution in [3.05, 3.63) is 0 Å². The van der Waals surface area contributed by atoms with E-state index in [2.05, 4.69) is 18.4 Å². The molecule has 0 saturated heterocycles. The zero-order valence-corrected chi connectivity index (χ0v) is 23.9. The van der Waals surface area contributed by atoms with E-state index in [9.17, 15) is 9.36 Å². The van der Waals surface area contributed by atoms with Crippen LogP contribution in [0, 0.1) is 5.92 Å². The second-order valence-corrected chi connectivity index (χ2v) is 11.4. The fourth-order valence-electron chi connectivity index (χ4n) is 4.67. The molecule has 0 heterocycles. The lowest BCUT2D eigenvalue weighted by atomic mass is 9.90. The van der Waals surface area contributed by atoms with Gasteiger partial charge >= 0.3 is 7.82 Å². The van der Waals surface area contributed by atoms with Gasteiger partial charge in [-0.3, -0.25) is 9.32 Å². The number of carbonyl (C=O) groups is 1. The highest BCUT2D eigenvalue weighted by Crippen LogP contribution is 2.35. The van der Waals surface area contributed by atoms with Crippen molar-refractivity contribution in [1.29, 1.82) is 0 Å². The molecule has 210 valence electrons. The lowest BCUT2D eigenvalue weighted by Crippen LogP contribution is -2.12. The zero-order chi connectivity index (χ0) is 26.0. The van der Waals surface area contributed by atoms with Gasteiger partial charge in [0.15, 0.2) is 0 Å². The van der Waals surface area contributed by atoms with Gasteiger partial charge in [-0.1, -0.05) is 136 Å². The molecule has 35 heavy (non-hydrogen) atoms. The Kier molecular flexibility index (Phi) is 25.2. The summed E-state index contributed by atoms with van der Waals surface area (Å²) < 4.78 is 20.1. The van der Waals surface area contributed by atoms with Crippen LogP contribution in [-0.2, 0) is 18.6 Å². The average Bonchev–Trinajstić information content (AvgIpc) is 2.80. The summed E-state index contributed by atoms with van der Waals surface area (Å²) in [6, 6.07) is 0. The van der Waals surface area contributed by atoms with Crippen molar-refractivity contribution in [3.8, 4) is 0 Å². The quantitative estimate of drug-likeness (QED) is 0.0793. The number of ketones is 1. The number of ether oxygens (including phenoxy) is 1. The molecule has 1 atom stereocenters. The van der Waals surface area contributed by atoms with Crippen LogP contribution in [0.4, 0.5) is 0 Å². The maximum absolute atomic E-state index is 12.3. The van der Waals surface area contributed by atoms with Crippen molar-refractivity contribution in [1.82, 2.24) is 0 Å². The van der Waals surface area contributed by atoms with E-state index >= 15 is 0 Å². The van der Waals surface area contributed by atoms with E-state index in [1.807, 2.05) is 0 Å². The minimum absolute atomic E-state index is 0.0793. The molecule has 0 amide bonds. The topological polar surface area (TPSA) is 93.1 Å². The molecule has 0 bridgehead atoms. The van der Waals surface area contributed by atoms with Crippen LogP contribution >= 0.6 is 7.82 Å². The Morgan fingerprint density at radius 1 is 0.657 bits per heavy atom. The highest BCUT2D eigenvalue weighted by Gasteiger charge is 2.14. The summed E-state index contributed by atoms with van der Waals surface area (Å²) in [5.41, 5.74) is 0. The molecule has 6 nitrogen and oxygen atoms in total. The summed E-state index contributed by atoms with van der Waals surface area (Å²) >= 11 is 0. The van der Waals surface area contributed by atoms with E-state index in [1.54, 1.807) is 0 Å². The highest BCUT2D eigenvalue weighted by molar-refractivity contribution is 7.46. The van der Waals surface area contributed by atoms with Crippen LogP contribution in [0.25, 0.3) is 0 Å². The number of phosphoric acid groups is 1. The molecule has 0 aliphatic heterocycles. The number of phosphoric ester groups is 1. The van der Waals surface area contributed by atoms with Crippen molar-refractivity contribution in [2.45, 2.75) is 149 Å². The second-order valence-electron chi connectivity index (χ2n) is 10.2. The molecule has 1 unspecified atom stereocenters. The Bertz CT molecular complexity index is 508. The number of carbonyl (C=O) groups excluding carboxylic acids is 1. The molecule has 0 aromatic heterocycles. The summed E-state index contributed by atoms with van der Waals surface area (Å²) in [5.74, 6) is 0.688. The van der Waals surface area contributed by atoms with Crippen LogP contribution in [-0.4, -0.2) is 35.4 Å². The molecular formula is C28H57O6P. The Balaban J connectivity index is 3.55. The summed E-state index contributed by atoms with van der Waals surface area (Å²) in [7, 11) is -4.44. The van der Waals surface area contributed by atoms with Crippen molar-refractivity contribution < 1.29 is 28.4 Å². The summed E-state index contributed by atoms with van der Waals surface area (Å²) in [6.45, 7) is 4.64. The Hall–Kier alpha value is -0.260. The predicted octanol–water partition coefficient (Wildman–Crippen LogP) is 8.53. The third-order valence-corrected chi connectivity index (χ3v) is 7.21. The molecule has 0 aromatic rings. The van der Waals surface area contributed by atoms with Crippen LogP contribution in [0.15, 0.2) is 0 Å². The van der Waals surface area contributed by atoms with E-state index in [1.165, 1.54) is 103 Å². The lowest BCUT2D eigenvalue weighted by Gasteiger charge is -2.15. The number of hydrogen-bond donors (Lipinski definition) is 2. The first-order chi connectivity index (χ1) is 16.9. The van der Waals surface area contributed by atoms with E-state index in [-0.39, 0.29) is 25.6 Å². The normalized spacial score (nSPS) is 12.8. The maximum Gasteiger partial charge on any atom is 0.469 e. The molecule has 0 aliphatic rings. The van der Waals surface area contributed by atoms with Crippen LogP contribution in [0.3, 0.4) is 0 Å². The maximum atomic E-state index is 12.3. The SMILES string of the molecule is CCCCCCCCCCCCCCCCCCC(CCC)CC(=O)CCOCCOP(=O)(O)O. The van der Waals surface area contributed by atoms with Crippen molar-refractivity contribution in [2.24, 2.45) is 5.92 Å². The average molecular weight is 521 g/mol. The van der Waals surface area contributed by atoms with Crippen LogP contribution in [0.5, 0.6) is 0 Å². The van der Waals surface area contributed by atoms with Crippen molar-refractivity contribution in [2.75, 3.05) is 19.8 Å². The van der Waals surface area contributed by atoms with Crippen LogP contribution < -0.4 is 0 Å². The molecule has 0 spiro atoms. The zero-order valence-electron chi connectivity index (χ0n) is 23.0. The van der Waals surface area contributed by atoms with E-state index < -0.39 is 7.82 Å². The first-order valence-corrected chi connectivity index (χ1v) is 16.2. The van der Waals surface area contributed by atoms with Crippen molar-refractivity contribution >= 4 is 13.6 Å². The van der Waals surface area contributed by atoms with Gasteiger partial charge in [0, 0.05) is 12.8 Å². The smallest absolute Gasteiger partial charge is 0.379 e. The summed E-state index contributed by atoms with van der Waals surface area (Å²) in [5, 5.41) is 0. The Morgan fingerprint density at radius 3 is 1.60 bits per heavy atom. The molecule has 0 fully saturated rings. The second kappa shape index (κ2) is 25.4. The fraction of sp³-hybridized carbons (Fsp3) is 0.964. The van der Waals surface area contributed by atoms with Gasteiger partial charge in [0.1, 0.15) is 5.78 Å². The monoisotopic (exact) mass is 520 g/mol. The van der Waals surface area contributed by atoms with Crippen molar-refractivity contribution in [3.63, 3.8) is 0 Å². The fourth-order valence-corrected chi connectivity index (χ4v) is 4.98. The molecule has 0 radical (unpaired) electrons. The van der Waals surface area contributed by atoms with Gasteiger partial charge in [-0.25, -0.2) is 4.57 Å². The van der Waals surface area contributed by atoms with E-state index in [4.69, 9.17) is 14.5 Å². The third-order valence-electron chi connectivity index (χ3n) is 6.69. The number of Topliss-reactive ketones (excluding diaryl/α,β-unsaturated/α-hetero) is 1. The Labute approximate surface area is 216 Å². The lowest BCUT2D eigenvalue weighted by molar-refractivity contribution is -0.121. The Morgan fingerprint density at radius 2 is 1.14 bits per heavy atom. The minimum Gasteiger partial charge on any atom is -0.379 e. The third kappa shape index (κ3) is 28.2.